The molecule has 0 aliphatic carbocycles. The number of anilines is 1. The molecule has 1 aromatic carbocycles. The quantitative estimate of drug-likeness (QED) is 0.803. The van der Waals surface area contributed by atoms with E-state index in [2.05, 4.69) is 0 Å². The van der Waals surface area contributed by atoms with E-state index in [1.54, 1.807) is 18.2 Å². The molecule has 6 heteroatoms. The first kappa shape index (κ1) is 13.7. The van der Waals surface area contributed by atoms with Crippen LogP contribution < -0.4 is 4.90 Å². The molecule has 18 heavy (non-hydrogen) atoms. The summed E-state index contributed by atoms with van der Waals surface area (Å²) in [6, 6.07) is 4.75. The number of benzene rings is 1. The highest BCUT2D eigenvalue weighted by molar-refractivity contribution is 8.00. The van der Waals surface area contributed by atoms with Gasteiger partial charge in [0.15, 0.2) is 0 Å². The molecule has 1 heterocycles. The average molecular weight is 304 g/mol. The first-order valence-corrected chi connectivity index (χ1v) is 7.28. The van der Waals surface area contributed by atoms with Crippen molar-refractivity contribution in [1.29, 1.82) is 0 Å². The van der Waals surface area contributed by atoms with E-state index < -0.39 is 0 Å². The molecule has 2 rings (SSSR count). The molecule has 0 saturated carbocycles. The Morgan fingerprint density at radius 2 is 2.06 bits per heavy atom. The second kappa shape index (κ2) is 5.51. The average Bonchev–Trinajstić information content (AvgIpc) is 2.59. The first-order chi connectivity index (χ1) is 8.54. The highest BCUT2D eigenvalue weighted by Gasteiger charge is 2.39. The number of nitrogens with zero attached hydrogens (tertiary/aromatic N) is 1. The van der Waals surface area contributed by atoms with Crippen LogP contribution in [-0.4, -0.2) is 22.8 Å². The summed E-state index contributed by atoms with van der Waals surface area (Å²) in [4.78, 5) is 25.2. The molecule has 1 aromatic rings. The van der Waals surface area contributed by atoms with E-state index in [0.717, 1.165) is 5.75 Å². The molecule has 1 saturated heterocycles. The fourth-order valence-electron chi connectivity index (χ4n) is 1.83. The number of halogens is 2. The maximum absolute atomic E-state index is 12.1. The smallest absolute Gasteiger partial charge is 0.247 e. The minimum absolute atomic E-state index is 0.176. The summed E-state index contributed by atoms with van der Waals surface area (Å²) in [5.74, 6) is 0.438. The summed E-state index contributed by atoms with van der Waals surface area (Å²) in [6.07, 6.45) is 0.248. The topological polar surface area (TPSA) is 37.4 Å². The number of carbonyl (C=O) groups is 2. The molecular weight excluding hydrogens is 293 g/mol. The summed E-state index contributed by atoms with van der Waals surface area (Å²) in [6.45, 7) is 1.96. The van der Waals surface area contributed by atoms with Crippen molar-refractivity contribution < 1.29 is 9.59 Å². The van der Waals surface area contributed by atoms with Crippen LogP contribution in [0.2, 0.25) is 10.0 Å². The Labute approximate surface area is 119 Å². The standard InChI is InChI=1S/C12H11Cl2NO2S/c1-2-18-10-6-11(16)15(12(10)17)7-3-4-8(13)9(14)5-7/h3-5,10H,2,6H2,1H3/t10-/m0/s1. The highest BCUT2D eigenvalue weighted by atomic mass is 35.5. The third kappa shape index (κ3) is 2.51. The molecule has 2 amide bonds. The number of hydrogen-bond donors (Lipinski definition) is 0. The molecule has 96 valence electrons. The third-order valence-electron chi connectivity index (χ3n) is 2.63. The molecule has 1 atom stereocenters. The number of amides is 2. The van der Waals surface area contributed by atoms with Crippen molar-refractivity contribution in [3.05, 3.63) is 28.2 Å². The highest BCUT2D eigenvalue weighted by Crippen LogP contribution is 2.33. The number of carbonyl (C=O) groups excluding carboxylic acids is 2. The van der Waals surface area contributed by atoms with Gasteiger partial charge in [0, 0.05) is 6.42 Å². The second-order valence-corrected chi connectivity index (χ2v) is 6.11. The molecule has 1 aliphatic heterocycles. The lowest BCUT2D eigenvalue weighted by molar-refractivity contribution is -0.121. The lowest BCUT2D eigenvalue weighted by Gasteiger charge is -2.15. The maximum Gasteiger partial charge on any atom is 0.247 e. The summed E-state index contributed by atoms with van der Waals surface area (Å²) >= 11 is 13.2. The zero-order valence-corrected chi connectivity index (χ0v) is 12.0. The van der Waals surface area contributed by atoms with Crippen molar-refractivity contribution in [2.45, 2.75) is 18.6 Å². The van der Waals surface area contributed by atoms with Crippen LogP contribution in [0, 0.1) is 0 Å². The van der Waals surface area contributed by atoms with Crippen LogP contribution in [0.25, 0.3) is 0 Å². The van der Waals surface area contributed by atoms with Crippen molar-refractivity contribution in [3.63, 3.8) is 0 Å². The van der Waals surface area contributed by atoms with Crippen molar-refractivity contribution >= 4 is 52.5 Å². The molecule has 0 N–H and O–H groups in total. The van der Waals surface area contributed by atoms with Gasteiger partial charge < -0.3 is 0 Å². The van der Waals surface area contributed by atoms with E-state index in [-0.39, 0.29) is 23.5 Å². The van der Waals surface area contributed by atoms with Crippen LogP contribution in [0.4, 0.5) is 5.69 Å². The van der Waals surface area contributed by atoms with Crippen LogP contribution >= 0.6 is 35.0 Å². The lowest BCUT2D eigenvalue weighted by Crippen LogP contribution is -2.31. The fraction of sp³-hybridized carbons (Fsp3) is 0.333. The van der Waals surface area contributed by atoms with E-state index in [1.165, 1.54) is 16.7 Å². The molecule has 1 fully saturated rings. The third-order valence-corrected chi connectivity index (χ3v) is 4.48. The summed E-state index contributed by atoms with van der Waals surface area (Å²) in [7, 11) is 0. The van der Waals surface area contributed by atoms with Gasteiger partial charge in [-0.1, -0.05) is 30.1 Å². The maximum atomic E-state index is 12.1. The van der Waals surface area contributed by atoms with Gasteiger partial charge in [-0.25, -0.2) is 4.90 Å². The number of rotatable bonds is 3. The zero-order chi connectivity index (χ0) is 13.3. The zero-order valence-electron chi connectivity index (χ0n) is 9.65. The van der Waals surface area contributed by atoms with Gasteiger partial charge >= 0.3 is 0 Å². The molecular formula is C12H11Cl2NO2S. The Kier molecular flexibility index (Phi) is 4.20. The fourth-order valence-corrected chi connectivity index (χ4v) is 3.03. The Morgan fingerprint density at radius 1 is 1.33 bits per heavy atom. The lowest BCUT2D eigenvalue weighted by atomic mass is 10.3. The van der Waals surface area contributed by atoms with Crippen LogP contribution in [0.1, 0.15) is 13.3 Å². The van der Waals surface area contributed by atoms with Crippen LogP contribution in [0.3, 0.4) is 0 Å². The van der Waals surface area contributed by atoms with Crippen molar-refractivity contribution in [2.75, 3.05) is 10.7 Å². The van der Waals surface area contributed by atoms with Gasteiger partial charge in [-0.05, 0) is 24.0 Å². The molecule has 0 spiro atoms. The van der Waals surface area contributed by atoms with E-state index in [0.29, 0.717) is 15.7 Å². The monoisotopic (exact) mass is 303 g/mol. The van der Waals surface area contributed by atoms with Gasteiger partial charge in [-0.2, -0.15) is 0 Å². The van der Waals surface area contributed by atoms with Gasteiger partial charge in [-0.15, -0.1) is 11.8 Å². The Hall–Kier alpha value is -0.710. The van der Waals surface area contributed by atoms with Gasteiger partial charge in [0.05, 0.1) is 21.0 Å². The Bertz CT molecular complexity index is 507. The van der Waals surface area contributed by atoms with Crippen LogP contribution in [0.15, 0.2) is 18.2 Å². The van der Waals surface area contributed by atoms with Gasteiger partial charge in [0.2, 0.25) is 11.8 Å². The Morgan fingerprint density at radius 3 is 2.67 bits per heavy atom. The van der Waals surface area contributed by atoms with Gasteiger partial charge in [0.1, 0.15) is 0 Å². The SMILES string of the molecule is CCS[C@H]1CC(=O)N(c2ccc(Cl)c(Cl)c2)C1=O. The number of thioether (sulfide) groups is 1. The molecule has 0 radical (unpaired) electrons. The number of hydrogen-bond acceptors (Lipinski definition) is 3. The minimum atomic E-state index is -0.281. The van der Waals surface area contributed by atoms with Gasteiger partial charge in [0.25, 0.3) is 0 Å². The van der Waals surface area contributed by atoms with Crippen molar-refractivity contribution in [1.82, 2.24) is 0 Å². The van der Waals surface area contributed by atoms with E-state index in [1.807, 2.05) is 6.92 Å². The van der Waals surface area contributed by atoms with Crippen LogP contribution in [0.5, 0.6) is 0 Å². The molecule has 0 aromatic heterocycles. The predicted octanol–water partition coefficient (Wildman–Crippen LogP) is 3.38. The van der Waals surface area contributed by atoms with E-state index in [4.69, 9.17) is 23.2 Å². The molecule has 3 nitrogen and oxygen atoms in total. The second-order valence-electron chi connectivity index (χ2n) is 3.81. The van der Waals surface area contributed by atoms with Gasteiger partial charge in [-0.3, -0.25) is 9.59 Å². The normalized spacial score (nSPS) is 19.7. The predicted molar refractivity (Wildman–Crippen MR) is 75.5 cm³/mol. The van der Waals surface area contributed by atoms with Crippen molar-refractivity contribution in [3.8, 4) is 0 Å². The number of imide groups is 1. The molecule has 1 aliphatic rings. The minimum Gasteiger partial charge on any atom is -0.274 e. The Balaban J connectivity index is 2.30. The summed E-state index contributed by atoms with van der Waals surface area (Å²) < 4.78 is 0. The van der Waals surface area contributed by atoms with Crippen molar-refractivity contribution in [2.24, 2.45) is 0 Å². The largest absolute Gasteiger partial charge is 0.274 e. The first-order valence-electron chi connectivity index (χ1n) is 5.48. The van der Waals surface area contributed by atoms with E-state index in [9.17, 15) is 9.59 Å². The van der Waals surface area contributed by atoms with Crippen LogP contribution in [-0.2, 0) is 9.59 Å². The molecule has 0 bridgehead atoms. The summed E-state index contributed by atoms with van der Waals surface area (Å²) in [5, 5.41) is 0.456. The van der Waals surface area contributed by atoms with E-state index >= 15 is 0 Å². The molecule has 0 unspecified atom stereocenters. The summed E-state index contributed by atoms with van der Waals surface area (Å²) in [5.41, 5.74) is 0.485.